The van der Waals surface area contributed by atoms with E-state index in [0.717, 1.165) is 17.6 Å². The molecule has 3 unspecified atom stereocenters. The number of benzene rings is 1. The molecule has 0 heterocycles. The van der Waals surface area contributed by atoms with Crippen LogP contribution in [0.2, 0.25) is 0 Å². The van der Waals surface area contributed by atoms with Gasteiger partial charge in [-0.2, -0.15) is 0 Å². The van der Waals surface area contributed by atoms with Gasteiger partial charge in [0.05, 0.1) is 6.61 Å². The van der Waals surface area contributed by atoms with E-state index >= 15 is 0 Å². The van der Waals surface area contributed by atoms with E-state index in [1.54, 1.807) is 7.11 Å². The van der Waals surface area contributed by atoms with Gasteiger partial charge < -0.3 is 14.8 Å². The van der Waals surface area contributed by atoms with Gasteiger partial charge in [0.25, 0.3) is 0 Å². The summed E-state index contributed by atoms with van der Waals surface area (Å²) in [5, 5.41) is 3.69. The van der Waals surface area contributed by atoms with Gasteiger partial charge in [-0.1, -0.05) is 6.42 Å². The lowest BCUT2D eigenvalue weighted by Crippen LogP contribution is -2.25. The molecule has 3 rings (SSSR count). The fourth-order valence-corrected chi connectivity index (χ4v) is 3.53. The van der Waals surface area contributed by atoms with Gasteiger partial charge in [0, 0.05) is 18.8 Å². The van der Waals surface area contributed by atoms with Gasteiger partial charge in [0.2, 0.25) is 0 Å². The molecule has 3 nitrogen and oxygen atoms in total. The lowest BCUT2D eigenvalue weighted by Gasteiger charge is -2.24. The normalized spacial score (nSPS) is 28.6. The van der Waals surface area contributed by atoms with Crippen LogP contribution in [0.5, 0.6) is 5.75 Å². The molecule has 2 fully saturated rings. The van der Waals surface area contributed by atoms with Gasteiger partial charge in [-0.05, 0) is 55.4 Å². The van der Waals surface area contributed by atoms with Gasteiger partial charge in [-0.15, -0.1) is 0 Å². The van der Waals surface area contributed by atoms with E-state index in [0.29, 0.717) is 19.3 Å². The van der Waals surface area contributed by atoms with Crippen LogP contribution in [-0.4, -0.2) is 26.4 Å². The summed E-state index contributed by atoms with van der Waals surface area (Å²) in [7, 11) is 1.69. The number of nitrogens with one attached hydrogen (secondary N) is 1. The first-order valence-corrected chi connectivity index (χ1v) is 7.33. The number of hydrogen-bond acceptors (Lipinski definition) is 3. The summed E-state index contributed by atoms with van der Waals surface area (Å²) >= 11 is 0. The summed E-state index contributed by atoms with van der Waals surface area (Å²) in [5.74, 6) is 2.80. The van der Waals surface area contributed by atoms with Gasteiger partial charge in [-0.25, -0.2) is 0 Å². The molecule has 1 aromatic rings. The largest absolute Gasteiger partial charge is 0.491 e. The van der Waals surface area contributed by atoms with Gasteiger partial charge in [0.1, 0.15) is 12.4 Å². The fraction of sp³-hybridized carbons (Fsp3) is 0.625. The Morgan fingerprint density at radius 3 is 2.58 bits per heavy atom. The third-order valence-corrected chi connectivity index (χ3v) is 4.50. The molecule has 1 aromatic carbocycles. The summed E-state index contributed by atoms with van der Waals surface area (Å²) in [6, 6.07) is 9.00. The molecular formula is C16H23NO2. The van der Waals surface area contributed by atoms with Gasteiger partial charge in [0.15, 0.2) is 0 Å². The highest BCUT2D eigenvalue weighted by atomic mass is 16.5. The van der Waals surface area contributed by atoms with E-state index in [1.807, 2.05) is 12.1 Å². The summed E-state index contributed by atoms with van der Waals surface area (Å²) < 4.78 is 10.5. The quantitative estimate of drug-likeness (QED) is 0.797. The Morgan fingerprint density at radius 2 is 1.95 bits per heavy atom. The Balaban J connectivity index is 1.51. The van der Waals surface area contributed by atoms with Crippen LogP contribution < -0.4 is 10.1 Å². The van der Waals surface area contributed by atoms with Crippen molar-refractivity contribution in [3.05, 3.63) is 24.3 Å². The van der Waals surface area contributed by atoms with Crippen LogP contribution in [0.25, 0.3) is 0 Å². The first-order valence-electron chi connectivity index (χ1n) is 7.33. The molecule has 2 aliphatic rings. The minimum atomic E-state index is 0.607. The van der Waals surface area contributed by atoms with Crippen LogP contribution in [0.1, 0.15) is 25.7 Å². The molecule has 2 saturated carbocycles. The zero-order chi connectivity index (χ0) is 13.1. The smallest absolute Gasteiger partial charge is 0.119 e. The average molecular weight is 261 g/mol. The van der Waals surface area contributed by atoms with Crippen molar-refractivity contribution in [1.82, 2.24) is 0 Å². The Labute approximate surface area is 115 Å². The van der Waals surface area contributed by atoms with Crippen molar-refractivity contribution in [2.24, 2.45) is 11.8 Å². The standard InChI is InChI=1S/C16H23NO2/c1-18-8-9-19-15-6-4-14(5-7-15)17-16-11-12-2-3-13(16)10-12/h4-7,12-13,16-17H,2-3,8-11H2,1H3. The molecule has 3 atom stereocenters. The molecule has 0 radical (unpaired) electrons. The van der Waals surface area contributed by atoms with Crippen molar-refractivity contribution in [2.75, 3.05) is 25.6 Å². The van der Waals surface area contributed by atoms with Crippen LogP contribution in [0.3, 0.4) is 0 Å². The molecule has 0 amide bonds. The lowest BCUT2D eigenvalue weighted by atomic mass is 9.95. The Bertz CT molecular complexity index is 404. The molecule has 0 saturated heterocycles. The van der Waals surface area contributed by atoms with Gasteiger partial charge in [-0.3, -0.25) is 0 Å². The first kappa shape index (κ1) is 12.8. The van der Waals surface area contributed by atoms with Crippen molar-refractivity contribution in [2.45, 2.75) is 31.7 Å². The van der Waals surface area contributed by atoms with E-state index in [1.165, 1.54) is 31.4 Å². The Kier molecular flexibility index (Phi) is 3.92. The van der Waals surface area contributed by atoms with E-state index in [4.69, 9.17) is 9.47 Å². The molecule has 3 heteroatoms. The maximum atomic E-state index is 5.57. The molecule has 0 aromatic heterocycles. The van der Waals surface area contributed by atoms with Crippen molar-refractivity contribution < 1.29 is 9.47 Å². The lowest BCUT2D eigenvalue weighted by molar-refractivity contribution is 0.146. The molecule has 104 valence electrons. The van der Waals surface area contributed by atoms with E-state index < -0.39 is 0 Å². The number of ether oxygens (including phenoxy) is 2. The number of fused-ring (bicyclic) bond motifs is 2. The molecule has 0 spiro atoms. The Hall–Kier alpha value is -1.22. The monoisotopic (exact) mass is 261 g/mol. The summed E-state index contributed by atoms with van der Waals surface area (Å²) in [6.45, 7) is 1.24. The highest BCUT2D eigenvalue weighted by Crippen LogP contribution is 2.45. The third kappa shape index (κ3) is 3.03. The zero-order valence-electron chi connectivity index (χ0n) is 11.6. The average Bonchev–Trinajstić information content (AvgIpc) is 3.03. The van der Waals surface area contributed by atoms with Crippen molar-refractivity contribution >= 4 is 5.69 Å². The summed E-state index contributed by atoms with van der Waals surface area (Å²) in [4.78, 5) is 0. The maximum Gasteiger partial charge on any atom is 0.119 e. The number of rotatable bonds is 6. The molecule has 0 aliphatic heterocycles. The predicted molar refractivity (Wildman–Crippen MR) is 76.7 cm³/mol. The second kappa shape index (κ2) is 5.83. The van der Waals surface area contributed by atoms with Crippen molar-refractivity contribution in [3.8, 4) is 5.75 Å². The van der Waals surface area contributed by atoms with Crippen LogP contribution in [0.15, 0.2) is 24.3 Å². The summed E-state index contributed by atoms with van der Waals surface area (Å²) in [5.41, 5.74) is 1.22. The molecule has 1 N–H and O–H groups in total. The maximum absolute atomic E-state index is 5.57. The van der Waals surface area contributed by atoms with E-state index in [2.05, 4.69) is 17.4 Å². The minimum absolute atomic E-state index is 0.607. The Morgan fingerprint density at radius 1 is 1.11 bits per heavy atom. The first-order chi connectivity index (χ1) is 9.35. The second-order valence-electron chi connectivity index (χ2n) is 5.79. The molecule has 2 aliphatic carbocycles. The minimum Gasteiger partial charge on any atom is -0.491 e. The highest BCUT2D eigenvalue weighted by Gasteiger charge is 2.39. The fourth-order valence-electron chi connectivity index (χ4n) is 3.53. The van der Waals surface area contributed by atoms with Crippen molar-refractivity contribution in [3.63, 3.8) is 0 Å². The SMILES string of the molecule is COCCOc1ccc(NC2CC3CCC2C3)cc1. The molecule has 19 heavy (non-hydrogen) atoms. The van der Waals surface area contributed by atoms with E-state index in [-0.39, 0.29) is 0 Å². The second-order valence-corrected chi connectivity index (χ2v) is 5.79. The van der Waals surface area contributed by atoms with E-state index in [9.17, 15) is 0 Å². The van der Waals surface area contributed by atoms with Gasteiger partial charge >= 0.3 is 0 Å². The third-order valence-electron chi connectivity index (χ3n) is 4.50. The van der Waals surface area contributed by atoms with Crippen LogP contribution in [0, 0.1) is 11.8 Å². The molecular weight excluding hydrogens is 238 g/mol. The highest BCUT2D eigenvalue weighted by molar-refractivity contribution is 5.47. The van der Waals surface area contributed by atoms with Crippen LogP contribution >= 0.6 is 0 Å². The predicted octanol–water partition coefficient (Wildman–Crippen LogP) is 3.31. The molecule has 2 bridgehead atoms. The van der Waals surface area contributed by atoms with Crippen LogP contribution in [-0.2, 0) is 4.74 Å². The van der Waals surface area contributed by atoms with Crippen molar-refractivity contribution in [1.29, 1.82) is 0 Å². The summed E-state index contributed by atoms with van der Waals surface area (Å²) in [6.07, 6.45) is 5.67. The number of anilines is 1. The zero-order valence-corrected chi connectivity index (χ0v) is 11.6. The number of methoxy groups -OCH3 is 1. The number of hydrogen-bond donors (Lipinski definition) is 1. The van der Waals surface area contributed by atoms with Crippen LogP contribution in [0.4, 0.5) is 5.69 Å². The topological polar surface area (TPSA) is 30.5 Å².